The quantitative estimate of drug-likeness (QED) is 0.566. The highest BCUT2D eigenvalue weighted by Gasteiger charge is 2.15. The van der Waals surface area contributed by atoms with Crippen molar-refractivity contribution in [1.82, 2.24) is 9.97 Å². The van der Waals surface area contributed by atoms with E-state index in [-0.39, 0.29) is 5.91 Å². The number of rotatable bonds is 7. The van der Waals surface area contributed by atoms with Crippen LogP contribution in [0.5, 0.6) is 5.88 Å². The van der Waals surface area contributed by atoms with Crippen LogP contribution >= 0.6 is 11.8 Å². The summed E-state index contributed by atoms with van der Waals surface area (Å²) in [5, 5.41) is 3.74. The van der Waals surface area contributed by atoms with E-state index in [0.29, 0.717) is 28.8 Å². The highest BCUT2D eigenvalue weighted by molar-refractivity contribution is 7.98. The van der Waals surface area contributed by atoms with Gasteiger partial charge in [-0.2, -0.15) is 0 Å². The largest absolute Gasteiger partial charge is 0.478 e. The second kappa shape index (κ2) is 9.09. The number of thioether (sulfide) groups is 1. The van der Waals surface area contributed by atoms with Crippen LogP contribution in [0.4, 0.5) is 5.69 Å². The van der Waals surface area contributed by atoms with Gasteiger partial charge in [-0.1, -0.05) is 6.07 Å². The van der Waals surface area contributed by atoms with Crippen LogP contribution in [0.1, 0.15) is 40.4 Å². The molecule has 0 saturated heterocycles. The Labute approximate surface area is 174 Å². The summed E-state index contributed by atoms with van der Waals surface area (Å²) in [6.07, 6.45) is 6.86. The van der Waals surface area contributed by atoms with E-state index in [1.165, 1.54) is 29.3 Å². The number of anilines is 1. The molecule has 2 heterocycles. The fourth-order valence-corrected chi connectivity index (χ4v) is 4.38. The number of nitrogens with one attached hydrogen (secondary N) is 1. The zero-order valence-electron chi connectivity index (χ0n) is 16.4. The lowest BCUT2D eigenvalue weighted by atomic mass is 10.1. The van der Waals surface area contributed by atoms with Gasteiger partial charge in [0.05, 0.1) is 12.2 Å². The van der Waals surface area contributed by atoms with Crippen molar-refractivity contribution in [3.8, 4) is 5.88 Å². The van der Waals surface area contributed by atoms with Gasteiger partial charge >= 0.3 is 0 Å². The first-order chi connectivity index (χ1) is 14.2. The predicted octanol–water partition coefficient (Wildman–Crippen LogP) is 4.91. The molecule has 0 unspecified atom stereocenters. The molecule has 5 nitrogen and oxygen atoms in total. The molecule has 1 amide bonds. The molecule has 1 N–H and O–H groups in total. The van der Waals surface area contributed by atoms with Crippen molar-refractivity contribution < 1.29 is 9.53 Å². The molecule has 0 saturated carbocycles. The van der Waals surface area contributed by atoms with E-state index >= 15 is 0 Å². The minimum atomic E-state index is -0.136. The number of fused-ring (bicyclic) bond motifs is 1. The molecule has 2 aromatic heterocycles. The molecule has 0 radical (unpaired) electrons. The Morgan fingerprint density at radius 2 is 2.00 bits per heavy atom. The third-order valence-corrected chi connectivity index (χ3v) is 5.92. The van der Waals surface area contributed by atoms with Gasteiger partial charge in [-0.05, 0) is 73.2 Å². The third kappa shape index (κ3) is 4.77. The van der Waals surface area contributed by atoms with E-state index in [9.17, 15) is 4.79 Å². The van der Waals surface area contributed by atoms with Crippen LogP contribution < -0.4 is 10.1 Å². The average molecular weight is 406 g/mol. The molecule has 0 aliphatic heterocycles. The maximum Gasteiger partial charge on any atom is 0.258 e. The molecule has 3 aromatic rings. The van der Waals surface area contributed by atoms with Gasteiger partial charge in [-0.3, -0.25) is 4.79 Å². The monoisotopic (exact) mass is 405 g/mol. The number of benzene rings is 1. The van der Waals surface area contributed by atoms with Crippen LogP contribution in [0.15, 0.2) is 59.9 Å². The zero-order valence-corrected chi connectivity index (χ0v) is 17.2. The van der Waals surface area contributed by atoms with Crippen LogP contribution in [0.3, 0.4) is 0 Å². The van der Waals surface area contributed by atoms with Crippen LogP contribution in [0.25, 0.3) is 0 Å². The SMILES string of the molecule is CCOc1cc(CSc2ncccc2C(=O)Nc2ccc3c(c2)CCC3)ccn1. The molecule has 6 heteroatoms. The van der Waals surface area contributed by atoms with Gasteiger partial charge in [0.15, 0.2) is 0 Å². The van der Waals surface area contributed by atoms with Gasteiger partial charge in [0.1, 0.15) is 5.03 Å². The van der Waals surface area contributed by atoms with E-state index in [1.54, 1.807) is 18.5 Å². The van der Waals surface area contributed by atoms with E-state index in [4.69, 9.17) is 4.74 Å². The number of ether oxygens (including phenoxy) is 1. The summed E-state index contributed by atoms with van der Waals surface area (Å²) >= 11 is 1.53. The third-order valence-electron chi connectivity index (χ3n) is 4.84. The van der Waals surface area contributed by atoms with Crippen molar-refractivity contribution in [2.75, 3.05) is 11.9 Å². The van der Waals surface area contributed by atoms with Gasteiger partial charge in [-0.15, -0.1) is 11.8 Å². The van der Waals surface area contributed by atoms with Crippen molar-refractivity contribution in [3.63, 3.8) is 0 Å². The molecule has 4 rings (SSSR count). The van der Waals surface area contributed by atoms with Gasteiger partial charge < -0.3 is 10.1 Å². The summed E-state index contributed by atoms with van der Waals surface area (Å²) in [5.41, 5.74) is 5.22. The lowest BCUT2D eigenvalue weighted by Crippen LogP contribution is -2.13. The summed E-state index contributed by atoms with van der Waals surface area (Å²) in [7, 11) is 0. The van der Waals surface area contributed by atoms with Crippen LogP contribution in [0, 0.1) is 0 Å². The maximum atomic E-state index is 12.9. The van der Waals surface area contributed by atoms with Crippen molar-refractivity contribution >= 4 is 23.4 Å². The Morgan fingerprint density at radius 3 is 2.90 bits per heavy atom. The summed E-state index contributed by atoms with van der Waals surface area (Å²) in [5.74, 6) is 1.16. The average Bonchev–Trinajstić information content (AvgIpc) is 3.21. The number of hydrogen-bond acceptors (Lipinski definition) is 5. The number of carbonyl (C=O) groups is 1. The molecule has 1 aliphatic rings. The van der Waals surface area contributed by atoms with Gasteiger partial charge in [0, 0.05) is 29.9 Å². The van der Waals surface area contributed by atoms with Crippen molar-refractivity contribution in [2.45, 2.75) is 37.0 Å². The van der Waals surface area contributed by atoms with Crippen molar-refractivity contribution in [3.05, 3.63) is 77.1 Å². The fraction of sp³-hybridized carbons (Fsp3) is 0.261. The molecular weight excluding hydrogens is 382 g/mol. The molecule has 148 valence electrons. The summed E-state index contributed by atoms with van der Waals surface area (Å²) < 4.78 is 5.46. The molecule has 0 bridgehead atoms. The molecule has 0 spiro atoms. The number of nitrogens with zero attached hydrogens (tertiary/aromatic N) is 2. The Bertz CT molecular complexity index is 1020. The summed E-state index contributed by atoms with van der Waals surface area (Å²) in [4.78, 5) is 21.5. The number of aromatic nitrogens is 2. The molecule has 1 aliphatic carbocycles. The Kier molecular flexibility index (Phi) is 6.10. The topological polar surface area (TPSA) is 64.1 Å². The minimum absolute atomic E-state index is 0.136. The minimum Gasteiger partial charge on any atom is -0.478 e. The maximum absolute atomic E-state index is 12.9. The van der Waals surface area contributed by atoms with E-state index in [2.05, 4.69) is 27.4 Å². The van der Waals surface area contributed by atoms with Crippen molar-refractivity contribution in [2.24, 2.45) is 0 Å². The van der Waals surface area contributed by atoms with Crippen LogP contribution in [0.2, 0.25) is 0 Å². The molecular formula is C23H23N3O2S. The predicted molar refractivity (Wildman–Crippen MR) is 116 cm³/mol. The number of carbonyl (C=O) groups excluding carboxylic acids is 1. The second-order valence-electron chi connectivity index (χ2n) is 6.87. The first-order valence-corrected chi connectivity index (χ1v) is 10.8. The first-order valence-electron chi connectivity index (χ1n) is 9.81. The zero-order chi connectivity index (χ0) is 20.1. The fourth-order valence-electron chi connectivity index (χ4n) is 3.45. The number of amides is 1. The van der Waals surface area contributed by atoms with E-state index < -0.39 is 0 Å². The number of pyridine rings is 2. The standard InChI is InChI=1S/C23H23N3O2S/c1-2-28-21-13-16(10-12-24-21)15-29-23-20(7-4-11-25-23)22(27)26-19-9-8-17-5-3-6-18(17)14-19/h4,7-14H,2-3,5-6,15H2,1H3,(H,26,27). The van der Waals surface area contributed by atoms with E-state index in [1.807, 2.05) is 31.2 Å². The van der Waals surface area contributed by atoms with E-state index in [0.717, 1.165) is 24.1 Å². The van der Waals surface area contributed by atoms with Gasteiger partial charge in [-0.25, -0.2) is 9.97 Å². The van der Waals surface area contributed by atoms with Gasteiger partial charge in [0.25, 0.3) is 5.91 Å². The second-order valence-corrected chi connectivity index (χ2v) is 7.84. The normalized spacial score (nSPS) is 12.4. The van der Waals surface area contributed by atoms with Gasteiger partial charge in [0.2, 0.25) is 5.88 Å². The summed E-state index contributed by atoms with van der Waals surface area (Å²) in [6, 6.07) is 13.7. The highest BCUT2D eigenvalue weighted by atomic mass is 32.2. The summed E-state index contributed by atoms with van der Waals surface area (Å²) in [6.45, 7) is 2.51. The highest BCUT2D eigenvalue weighted by Crippen LogP contribution is 2.28. The Hall–Kier alpha value is -2.86. The van der Waals surface area contributed by atoms with Crippen molar-refractivity contribution in [1.29, 1.82) is 0 Å². The molecule has 0 fully saturated rings. The van der Waals surface area contributed by atoms with Crippen LogP contribution in [-0.2, 0) is 18.6 Å². The number of hydrogen-bond donors (Lipinski definition) is 1. The lowest BCUT2D eigenvalue weighted by Gasteiger charge is -2.11. The lowest BCUT2D eigenvalue weighted by molar-refractivity contribution is 0.102. The van der Waals surface area contributed by atoms with Crippen LogP contribution in [-0.4, -0.2) is 22.5 Å². The molecule has 1 aromatic carbocycles. The molecule has 29 heavy (non-hydrogen) atoms. The Morgan fingerprint density at radius 1 is 1.10 bits per heavy atom. The first kappa shape index (κ1) is 19.5. The Balaban J connectivity index is 1.46. The smallest absolute Gasteiger partial charge is 0.258 e. The number of aryl methyl sites for hydroxylation is 2. The molecule has 0 atom stereocenters.